The van der Waals surface area contributed by atoms with E-state index in [1.807, 2.05) is 6.08 Å². The van der Waals surface area contributed by atoms with E-state index in [0.717, 1.165) is 69.5 Å². The molecule has 170 valence electrons. The standard InChI is InChI=1S/C22H33F3N2O2S/c1-3-16-26-17-6-4-5-7-18-8-12-20(13-9-18)27(2)30(28,29)21-14-10-19(11-15-21)22(23,24)25/h3,10-11,14-15,18,20,26H,1,4-9,12-13,16-17H2,2H3. The highest BCUT2D eigenvalue weighted by atomic mass is 32.2. The van der Waals surface area contributed by atoms with Crippen molar-refractivity contribution in [1.29, 1.82) is 0 Å². The predicted octanol–water partition coefficient (Wildman–Crippen LogP) is 5.22. The molecule has 1 N–H and O–H groups in total. The SMILES string of the molecule is C=CCNCCCCCC1CCC(N(C)S(=O)(=O)c2ccc(C(F)(F)F)cc2)CC1. The van der Waals surface area contributed by atoms with Gasteiger partial charge in [0.25, 0.3) is 0 Å². The minimum atomic E-state index is -4.48. The number of alkyl halides is 3. The smallest absolute Gasteiger partial charge is 0.313 e. The van der Waals surface area contributed by atoms with Gasteiger partial charge in [0, 0.05) is 19.6 Å². The Morgan fingerprint density at radius 2 is 1.73 bits per heavy atom. The number of hydrogen-bond donors (Lipinski definition) is 1. The second kappa shape index (κ2) is 11.3. The third-order valence-electron chi connectivity index (χ3n) is 5.94. The minimum absolute atomic E-state index is 0.0924. The Bertz CT molecular complexity index is 756. The van der Waals surface area contributed by atoms with Gasteiger partial charge in [-0.05, 0) is 68.8 Å². The summed E-state index contributed by atoms with van der Waals surface area (Å²) in [6.45, 7) is 5.52. The Morgan fingerprint density at radius 1 is 1.10 bits per heavy atom. The second-order valence-corrected chi connectivity index (χ2v) is 10.1. The van der Waals surface area contributed by atoms with Crippen LogP contribution >= 0.6 is 0 Å². The van der Waals surface area contributed by atoms with Crippen LogP contribution in [0, 0.1) is 5.92 Å². The van der Waals surface area contributed by atoms with Gasteiger partial charge in [-0.1, -0.05) is 25.3 Å². The molecule has 30 heavy (non-hydrogen) atoms. The molecule has 0 aliphatic heterocycles. The first-order valence-electron chi connectivity index (χ1n) is 10.6. The van der Waals surface area contributed by atoms with Gasteiger partial charge in [0.05, 0.1) is 10.5 Å². The molecule has 0 saturated heterocycles. The fraction of sp³-hybridized carbons (Fsp3) is 0.636. The number of sulfonamides is 1. The van der Waals surface area contributed by atoms with Crippen LogP contribution < -0.4 is 5.32 Å². The van der Waals surface area contributed by atoms with Crippen LogP contribution in [0.1, 0.15) is 56.9 Å². The van der Waals surface area contributed by atoms with Crippen molar-refractivity contribution in [2.24, 2.45) is 5.92 Å². The molecule has 1 aromatic carbocycles. The van der Waals surface area contributed by atoms with Crippen molar-refractivity contribution in [3.05, 3.63) is 42.5 Å². The lowest BCUT2D eigenvalue weighted by molar-refractivity contribution is -0.137. The van der Waals surface area contributed by atoms with Gasteiger partial charge in [-0.3, -0.25) is 0 Å². The summed E-state index contributed by atoms with van der Waals surface area (Å²) >= 11 is 0. The second-order valence-electron chi connectivity index (χ2n) is 8.06. The van der Waals surface area contributed by atoms with Gasteiger partial charge < -0.3 is 5.32 Å². The van der Waals surface area contributed by atoms with Crippen LogP contribution in [0.4, 0.5) is 13.2 Å². The summed E-state index contributed by atoms with van der Waals surface area (Å²) in [6, 6.07) is 3.64. The normalized spacial score (nSPS) is 20.4. The summed E-state index contributed by atoms with van der Waals surface area (Å²) in [6.07, 6.45) is 5.64. The van der Waals surface area contributed by atoms with Gasteiger partial charge in [0.15, 0.2) is 0 Å². The predicted molar refractivity (Wildman–Crippen MR) is 114 cm³/mol. The van der Waals surface area contributed by atoms with Crippen LogP contribution in [0.5, 0.6) is 0 Å². The molecule has 0 bridgehead atoms. The molecule has 1 aliphatic carbocycles. The average molecular weight is 447 g/mol. The molecule has 0 radical (unpaired) electrons. The van der Waals surface area contributed by atoms with E-state index < -0.39 is 21.8 Å². The van der Waals surface area contributed by atoms with Crippen LogP contribution in [-0.2, 0) is 16.2 Å². The van der Waals surface area contributed by atoms with Crippen molar-refractivity contribution in [1.82, 2.24) is 9.62 Å². The van der Waals surface area contributed by atoms with Crippen molar-refractivity contribution in [3.63, 3.8) is 0 Å². The first-order valence-corrected chi connectivity index (χ1v) is 12.1. The summed E-state index contributed by atoms with van der Waals surface area (Å²) in [5.74, 6) is 0.629. The Labute approximate surface area is 178 Å². The third-order valence-corrected chi connectivity index (χ3v) is 7.87. The number of benzene rings is 1. The lowest BCUT2D eigenvalue weighted by Crippen LogP contribution is -2.39. The summed E-state index contributed by atoms with van der Waals surface area (Å²) in [7, 11) is -2.26. The summed E-state index contributed by atoms with van der Waals surface area (Å²) in [4.78, 5) is -0.0924. The summed E-state index contributed by atoms with van der Waals surface area (Å²) in [5, 5.41) is 3.29. The van der Waals surface area contributed by atoms with E-state index in [0.29, 0.717) is 5.92 Å². The van der Waals surface area contributed by atoms with Gasteiger partial charge in [0.1, 0.15) is 0 Å². The van der Waals surface area contributed by atoms with E-state index in [1.54, 1.807) is 0 Å². The first-order chi connectivity index (χ1) is 14.2. The topological polar surface area (TPSA) is 49.4 Å². The highest BCUT2D eigenvalue weighted by Gasteiger charge is 2.33. The molecule has 0 unspecified atom stereocenters. The number of nitrogens with zero attached hydrogens (tertiary/aromatic N) is 1. The average Bonchev–Trinajstić information content (AvgIpc) is 2.72. The van der Waals surface area contributed by atoms with Crippen molar-refractivity contribution < 1.29 is 21.6 Å². The molecule has 8 heteroatoms. The number of halogens is 3. The van der Waals surface area contributed by atoms with Crippen molar-refractivity contribution in [2.45, 2.75) is 68.5 Å². The Balaban J connectivity index is 1.80. The van der Waals surface area contributed by atoms with Crippen LogP contribution in [0.15, 0.2) is 41.8 Å². The lowest BCUT2D eigenvalue weighted by Gasteiger charge is -2.34. The summed E-state index contributed by atoms with van der Waals surface area (Å²) < 4.78 is 65.1. The first kappa shape index (κ1) is 24.9. The van der Waals surface area contributed by atoms with Gasteiger partial charge in [0.2, 0.25) is 10.0 Å². The molecule has 4 nitrogen and oxygen atoms in total. The van der Waals surface area contributed by atoms with Crippen molar-refractivity contribution >= 4 is 10.0 Å². The van der Waals surface area contributed by atoms with E-state index in [-0.39, 0.29) is 10.9 Å². The Morgan fingerprint density at radius 3 is 2.30 bits per heavy atom. The molecule has 1 fully saturated rings. The van der Waals surface area contributed by atoms with Crippen molar-refractivity contribution in [2.75, 3.05) is 20.1 Å². The van der Waals surface area contributed by atoms with Gasteiger partial charge in [-0.15, -0.1) is 6.58 Å². The van der Waals surface area contributed by atoms with Gasteiger partial charge >= 0.3 is 6.18 Å². The van der Waals surface area contributed by atoms with E-state index in [9.17, 15) is 21.6 Å². The zero-order chi connectivity index (χ0) is 22.2. The van der Waals surface area contributed by atoms with Crippen LogP contribution in [-0.4, -0.2) is 38.9 Å². The highest BCUT2D eigenvalue weighted by Crippen LogP contribution is 2.34. The molecular formula is C22H33F3N2O2S. The Hall–Kier alpha value is -1.38. The lowest BCUT2D eigenvalue weighted by atomic mass is 9.83. The fourth-order valence-electron chi connectivity index (χ4n) is 4.04. The molecule has 0 aromatic heterocycles. The van der Waals surface area contributed by atoms with Crippen LogP contribution in [0.3, 0.4) is 0 Å². The third kappa shape index (κ3) is 7.10. The fourth-order valence-corrected chi connectivity index (χ4v) is 5.46. The molecule has 0 spiro atoms. The Kier molecular flexibility index (Phi) is 9.37. The number of unbranched alkanes of at least 4 members (excludes halogenated alkanes) is 2. The van der Waals surface area contributed by atoms with Crippen LogP contribution in [0.25, 0.3) is 0 Å². The number of hydrogen-bond acceptors (Lipinski definition) is 3. The monoisotopic (exact) mass is 446 g/mol. The van der Waals surface area contributed by atoms with Crippen LogP contribution in [0.2, 0.25) is 0 Å². The summed E-state index contributed by atoms with van der Waals surface area (Å²) in [5.41, 5.74) is -0.846. The number of nitrogens with one attached hydrogen (secondary N) is 1. The van der Waals surface area contributed by atoms with E-state index >= 15 is 0 Å². The molecule has 1 aromatic rings. The molecule has 1 aliphatic rings. The molecule has 0 amide bonds. The van der Waals surface area contributed by atoms with Crippen molar-refractivity contribution in [3.8, 4) is 0 Å². The number of rotatable bonds is 11. The minimum Gasteiger partial charge on any atom is -0.313 e. The molecule has 0 heterocycles. The molecule has 0 atom stereocenters. The van der Waals surface area contributed by atoms with Gasteiger partial charge in [-0.25, -0.2) is 8.42 Å². The molecular weight excluding hydrogens is 413 g/mol. The quantitative estimate of drug-likeness (QED) is 0.374. The maximum Gasteiger partial charge on any atom is 0.416 e. The largest absolute Gasteiger partial charge is 0.416 e. The maximum absolute atomic E-state index is 12.8. The van der Waals surface area contributed by atoms with E-state index in [1.165, 1.54) is 30.6 Å². The van der Waals surface area contributed by atoms with E-state index in [2.05, 4.69) is 11.9 Å². The zero-order valence-corrected chi connectivity index (χ0v) is 18.4. The maximum atomic E-state index is 12.8. The molecule has 2 rings (SSSR count). The highest BCUT2D eigenvalue weighted by molar-refractivity contribution is 7.89. The molecule has 1 saturated carbocycles. The van der Waals surface area contributed by atoms with Gasteiger partial charge in [-0.2, -0.15) is 17.5 Å². The zero-order valence-electron chi connectivity index (χ0n) is 17.6. The van der Waals surface area contributed by atoms with E-state index in [4.69, 9.17) is 0 Å².